The molecular formula is C14H12ClNOS. The smallest absolute Gasteiger partial charge is 0.172 e. The van der Waals surface area contributed by atoms with Gasteiger partial charge in [0.1, 0.15) is 0 Å². The van der Waals surface area contributed by atoms with Gasteiger partial charge in [-0.3, -0.25) is 0 Å². The third-order valence-corrected chi connectivity index (χ3v) is 3.61. The number of hydrogen-bond donors (Lipinski definition) is 0. The highest BCUT2D eigenvalue weighted by atomic mass is 35.5. The van der Waals surface area contributed by atoms with Crippen LogP contribution in [0, 0.1) is 6.92 Å². The van der Waals surface area contributed by atoms with E-state index >= 15 is 0 Å². The number of hydrogen-bond acceptors (Lipinski definition) is 1. The third-order valence-electron chi connectivity index (χ3n) is 2.39. The van der Waals surface area contributed by atoms with Gasteiger partial charge in [0.2, 0.25) is 0 Å². The summed E-state index contributed by atoms with van der Waals surface area (Å²) in [5, 5.41) is 0.673. The molecule has 1 atom stereocenters. The summed E-state index contributed by atoms with van der Waals surface area (Å²) in [7, 11) is -1.36. The van der Waals surface area contributed by atoms with E-state index in [1.807, 2.05) is 43.3 Å². The second-order valence-electron chi connectivity index (χ2n) is 3.85. The molecule has 0 heterocycles. The molecule has 4 heteroatoms. The lowest BCUT2D eigenvalue weighted by atomic mass is 10.2. The molecule has 0 spiro atoms. The van der Waals surface area contributed by atoms with Crippen molar-refractivity contribution in [3.05, 3.63) is 64.7 Å². The standard InChI is InChI=1S/C14H12ClNOS/c1-11-2-8-14(9-3-11)18(17)16-10-12-4-6-13(15)7-5-12/h2-10H,1H3/b16-10+. The van der Waals surface area contributed by atoms with Crippen LogP contribution in [0.3, 0.4) is 0 Å². The van der Waals surface area contributed by atoms with Gasteiger partial charge in [0, 0.05) is 11.2 Å². The normalized spacial score (nSPS) is 12.8. The number of aryl methyl sites for hydroxylation is 1. The van der Waals surface area contributed by atoms with Gasteiger partial charge in [0.05, 0.1) is 4.90 Å². The molecule has 0 saturated heterocycles. The fourth-order valence-corrected chi connectivity index (χ4v) is 2.21. The summed E-state index contributed by atoms with van der Waals surface area (Å²) in [4.78, 5) is 0.700. The minimum Gasteiger partial charge on any atom is -0.229 e. The number of nitrogens with zero attached hydrogens (tertiary/aromatic N) is 1. The van der Waals surface area contributed by atoms with Crippen molar-refractivity contribution in [1.82, 2.24) is 0 Å². The van der Waals surface area contributed by atoms with E-state index in [9.17, 15) is 4.21 Å². The molecule has 0 aliphatic heterocycles. The third kappa shape index (κ3) is 3.52. The van der Waals surface area contributed by atoms with E-state index in [0.717, 1.165) is 11.1 Å². The van der Waals surface area contributed by atoms with E-state index in [-0.39, 0.29) is 0 Å². The van der Waals surface area contributed by atoms with Crippen molar-refractivity contribution in [1.29, 1.82) is 0 Å². The summed E-state index contributed by atoms with van der Waals surface area (Å²) in [6, 6.07) is 14.7. The largest absolute Gasteiger partial charge is 0.229 e. The average molecular weight is 278 g/mol. The van der Waals surface area contributed by atoms with Gasteiger partial charge in [-0.25, -0.2) is 4.21 Å². The minimum absolute atomic E-state index is 0.673. The van der Waals surface area contributed by atoms with E-state index < -0.39 is 11.0 Å². The first-order valence-corrected chi connectivity index (χ1v) is 6.92. The van der Waals surface area contributed by atoms with Gasteiger partial charge in [-0.05, 0) is 36.8 Å². The van der Waals surface area contributed by atoms with Crippen molar-refractivity contribution in [3.63, 3.8) is 0 Å². The van der Waals surface area contributed by atoms with Crippen molar-refractivity contribution >= 4 is 28.8 Å². The van der Waals surface area contributed by atoms with E-state index in [4.69, 9.17) is 11.6 Å². The fraction of sp³-hybridized carbons (Fsp3) is 0.0714. The highest BCUT2D eigenvalue weighted by Crippen LogP contribution is 2.11. The second-order valence-corrected chi connectivity index (χ2v) is 5.47. The molecule has 2 nitrogen and oxygen atoms in total. The molecule has 0 saturated carbocycles. The van der Waals surface area contributed by atoms with Crippen LogP contribution in [0.1, 0.15) is 11.1 Å². The molecule has 1 unspecified atom stereocenters. The van der Waals surface area contributed by atoms with E-state index in [1.165, 1.54) is 0 Å². The highest BCUT2D eigenvalue weighted by Gasteiger charge is 1.99. The molecule has 0 amide bonds. The zero-order chi connectivity index (χ0) is 13.0. The monoisotopic (exact) mass is 277 g/mol. The lowest BCUT2D eigenvalue weighted by Crippen LogP contribution is -1.89. The van der Waals surface area contributed by atoms with Crippen LogP contribution in [0.4, 0.5) is 0 Å². The Morgan fingerprint density at radius 3 is 2.28 bits per heavy atom. The predicted octanol–water partition coefficient (Wildman–Crippen LogP) is 3.79. The molecule has 2 rings (SSSR count). The van der Waals surface area contributed by atoms with Crippen molar-refractivity contribution in [2.45, 2.75) is 11.8 Å². The zero-order valence-corrected chi connectivity index (χ0v) is 11.4. The molecular weight excluding hydrogens is 266 g/mol. The molecule has 0 fully saturated rings. The zero-order valence-electron chi connectivity index (χ0n) is 9.84. The number of rotatable bonds is 3. The van der Waals surface area contributed by atoms with Crippen molar-refractivity contribution in [2.75, 3.05) is 0 Å². The summed E-state index contributed by atoms with van der Waals surface area (Å²) >= 11 is 5.78. The molecule has 92 valence electrons. The topological polar surface area (TPSA) is 29.4 Å². The number of halogens is 1. The summed E-state index contributed by atoms with van der Waals surface area (Å²) in [6.45, 7) is 1.99. The fourth-order valence-electron chi connectivity index (χ4n) is 1.37. The Morgan fingerprint density at radius 2 is 1.67 bits per heavy atom. The molecule has 0 bridgehead atoms. The summed E-state index contributed by atoms with van der Waals surface area (Å²) in [5.41, 5.74) is 2.01. The maximum atomic E-state index is 11.9. The van der Waals surface area contributed by atoms with Gasteiger partial charge in [0.25, 0.3) is 0 Å². The summed E-state index contributed by atoms with van der Waals surface area (Å²) in [5.74, 6) is 0. The Bertz CT molecular complexity index is 576. The molecule has 0 aromatic heterocycles. The van der Waals surface area contributed by atoms with Gasteiger partial charge >= 0.3 is 0 Å². The molecule has 2 aromatic rings. The first-order valence-electron chi connectivity index (χ1n) is 5.43. The Labute approximate surface area is 114 Å². The lowest BCUT2D eigenvalue weighted by molar-refractivity contribution is 0.684. The molecule has 2 aromatic carbocycles. The number of benzene rings is 2. The first kappa shape index (κ1) is 13.0. The van der Waals surface area contributed by atoms with Crippen LogP contribution in [-0.4, -0.2) is 10.4 Å². The van der Waals surface area contributed by atoms with Crippen LogP contribution < -0.4 is 0 Å². The SMILES string of the molecule is Cc1ccc(S(=O)/N=C/c2ccc(Cl)cc2)cc1. The molecule has 0 radical (unpaired) electrons. The van der Waals surface area contributed by atoms with Crippen LogP contribution in [0.25, 0.3) is 0 Å². The van der Waals surface area contributed by atoms with Crippen molar-refractivity contribution < 1.29 is 4.21 Å². The average Bonchev–Trinajstić information content (AvgIpc) is 2.38. The molecule has 0 aliphatic carbocycles. The molecule has 0 aliphatic rings. The quantitative estimate of drug-likeness (QED) is 0.785. The lowest BCUT2D eigenvalue weighted by Gasteiger charge is -1.97. The van der Waals surface area contributed by atoms with E-state index in [1.54, 1.807) is 18.3 Å². The van der Waals surface area contributed by atoms with E-state index in [2.05, 4.69) is 4.40 Å². The van der Waals surface area contributed by atoms with Crippen LogP contribution in [0.15, 0.2) is 57.8 Å². The Kier molecular flexibility index (Phi) is 4.28. The van der Waals surface area contributed by atoms with Gasteiger partial charge in [-0.2, -0.15) is 4.40 Å². The Balaban J connectivity index is 2.11. The highest BCUT2D eigenvalue weighted by molar-refractivity contribution is 7.83. The van der Waals surface area contributed by atoms with Gasteiger partial charge in [0.15, 0.2) is 11.0 Å². The summed E-state index contributed by atoms with van der Waals surface area (Å²) in [6.07, 6.45) is 1.59. The van der Waals surface area contributed by atoms with Crippen LogP contribution in [0.2, 0.25) is 5.02 Å². The molecule has 18 heavy (non-hydrogen) atoms. The van der Waals surface area contributed by atoms with Crippen LogP contribution in [-0.2, 0) is 11.0 Å². The van der Waals surface area contributed by atoms with Gasteiger partial charge < -0.3 is 0 Å². The Hall–Kier alpha value is -1.45. The van der Waals surface area contributed by atoms with E-state index in [0.29, 0.717) is 9.92 Å². The maximum absolute atomic E-state index is 11.9. The minimum atomic E-state index is -1.36. The first-order chi connectivity index (χ1) is 8.65. The molecule has 0 N–H and O–H groups in total. The predicted molar refractivity (Wildman–Crippen MR) is 76.6 cm³/mol. The second kappa shape index (κ2) is 5.94. The Morgan fingerprint density at radius 1 is 1.06 bits per heavy atom. The summed E-state index contributed by atoms with van der Waals surface area (Å²) < 4.78 is 15.9. The van der Waals surface area contributed by atoms with Gasteiger partial charge in [-0.15, -0.1) is 0 Å². The van der Waals surface area contributed by atoms with Crippen molar-refractivity contribution in [2.24, 2.45) is 4.40 Å². The van der Waals surface area contributed by atoms with Crippen LogP contribution >= 0.6 is 11.6 Å². The van der Waals surface area contributed by atoms with Gasteiger partial charge in [-0.1, -0.05) is 41.4 Å². The van der Waals surface area contributed by atoms with Crippen LogP contribution in [0.5, 0.6) is 0 Å². The maximum Gasteiger partial charge on any atom is 0.172 e. The van der Waals surface area contributed by atoms with Crippen molar-refractivity contribution in [3.8, 4) is 0 Å².